The highest BCUT2D eigenvalue weighted by Gasteiger charge is 2.52. The van der Waals surface area contributed by atoms with Gasteiger partial charge in [0, 0.05) is 30.7 Å². The maximum Gasteiger partial charge on any atom is 0.259 e. The number of amides is 1. The van der Waals surface area contributed by atoms with Crippen molar-refractivity contribution in [2.75, 3.05) is 39.4 Å². The maximum atomic E-state index is 13.4. The highest BCUT2D eigenvalue weighted by Crippen LogP contribution is 2.51. The van der Waals surface area contributed by atoms with Crippen molar-refractivity contribution in [2.24, 2.45) is 0 Å². The summed E-state index contributed by atoms with van der Waals surface area (Å²) in [5, 5.41) is 12.5. The van der Waals surface area contributed by atoms with E-state index in [1.54, 1.807) is 49.4 Å². The molecule has 15 nitrogen and oxygen atoms in total. The predicted molar refractivity (Wildman–Crippen MR) is 260 cm³/mol. The van der Waals surface area contributed by atoms with Crippen molar-refractivity contribution in [3.05, 3.63) is 144 Å². The van der Waals surface area contributed by atoms with Gasteiger partial charge in [-0.3, -0.25) is 9.36 Å². The van der Waals surface area contributed by atoms with Crippen LogP contribution >= 0.6 is 8.53 Å². The SMILES string of the molecule is C#CCCCO[C@@H]1[C@H](OP(OCCC#N)N(C(C)C)C(C)C)[C@@H](COC(c2ccccc2)(c2ccc(OC)cc2)c2ccc(OC)cc2)O[C@H]1n1cnc2c(NC(=O)c3ccccc3)ncnc21. The molecule has 4 aromatic carbocycles. The number of imidazole rings is 1. The molecule has 0 saturated carbocycles. The topological polar surface area (TPSA) is 164 Å². The summed E-state index contributed by atoms with van der Waals surface area (Å²) in [6.07, 6.45) is 6.55. The zero-order chi connectivity index (χ0) is 48.0. The molecule has 1 N–H and O–H groups in total. The van der Waals surface area contributed by atoms with Gasteiger partial charge < -0.3 is 38.0 Å². The van der Waals surface area contributed by atoms with E-state index in [1.165, 1.54) is 6.33 Å². The average molecular weight is 940 g/mol. The lowest BCUT2D eigenvalue weighted by molar-refractivity contribution is -0.0954. The van der Waals surface area contributed by atoms with Gasteiger partial charge in [0.1, 0.15) is 41.7 Å². The minimum absolute atomic E-state index is 0.000645. The smallest absolute Gasteiger partial charge is 0.259 e. The summed E-state index contributed by atoms with van der Waals surface area (Å²) in [6.45, 7) is 8.73. The predicted octanol–water partition coefficient (Wildman–Crippen LogP) is 9.46. The lowest BCUT2D eigenvalue weighted by atomic mass is 9.80. The molecular formula is C52H58N7O8P. The molecular weight excluding hydrogens is 882 g/mol. The number of carbonyl (C=O) groups is 1. The van der Waals surface area contributed by atoms with Crippen LogP contribution in [0.5, 0.6) is 11.5 Å². The van der Waals surface area contributed by atoms with E-state index < -0.39 is 38.7 Å². The summed E-state index contributed by atoms with van der Waals surface area (Å²) in [4.78, 5) is 27.2. The molecule has 1 aliphatic heterocycles. The van der Waals surface area contributed by atoms with Crippen LogP contribution in [0, 0.1) is 23.7 Å². The maximum absolute atomic E-state index is 13.4. The highest BCUT2D eigenvalue weighted by molar-refractivity contribution is 7.44. The van der Waals surface area contributed by atoms with Crippen LogP contribution in [0.4, 0.5) is 5.82 Å². The van der Waals surface area contributed by atoms with Gasteiger partial charge in [-0.15, -0.1) is 12.3 Å². The molecule has 1 unspecified atom stereocenters. The summed E-state index contributed by atoms with van der Waals surface area (Å²) in [5.74, 6) is 3.97. The number of benzene rings is 4. The van der Waals surface area contributed by atoms with Gasteiger partial charge in [-0.05, 0) is 87.2 Å². The molecule has 0 bridgehead atoms. The van der Waals surface area contributed by atoms with Gasteiger partial charge >= 0.3 is 0 Å². The molecule has 5 atom stereocenters. The number of methoxy groups -OCH3 is 2. The van der Waals surface area contributed by atoms with E-state index in [-0.39, 0.29) is 50.1 Å². The fourth-order valence-electron chi connectivity index (χ4n) is 8.34. The number of nitriles is 1. The van der Waals surface area contributed by atoms with Crippen molar-refractivity contribution in [1.82, 2.24) is 24.2 Å². The molecule has 3 heterocycles. The summed E-state index contributed by atoms with van der Waals surface area (Å²) in [7, 11) is 1.44. The Hall–Kier alpha value is -6.26. The van der Waals surface area contributed by atoms with Crippen LogP contribution in [0.15, 0.2) is 122 Å². The minimum atomic E-state index is -1.82. The zero-order valence-electron chi connectivity index (χ0n) is 39.2. The Labute approximate surface area is 399 Å². The molecule has 0 aliphatic carbocycles. The Morgan fingerprint density at radius 1 is 0.838 bits per heavy atom. The first kappa shape index (κ1) is 49.6. The summed E-state index contributed by atoms with van der Waals surface area (Å²) >= 11 is 0. The number of hydrogen-bond acceptors (Lipinski definition) is 13. The van der Waals surface area contributed by atoms with Crippen LogP contribution in [0.2, 0.25) is 0 Å². The Morgan fingerprint density at radius 3 is 2.04 bits per heavy atom. The first-order chi connectivity index (χ1) is 33.1. The molecule has 1 saturated heterocycles. The lowest BCUT2D eigenvalue weighted by Gasteiger charge is -2.39. The van der Waals surface area contributed by atoms with Crippen LogP contribution in [-0.4, -0.2) is 94.5 Å². The molecule has 1 amide bonds. The summed E-state index contributed by atoms with van der Waals surface area (Å²) in [6, 6.07) is 36.7. The molecule has 1 aliphatic rings. The molecule has 7 rings (SSSR count). The first-order valence-corrected chi connectivity index (χ1v) is 23.7. The normalized spacial score (nSPS) is 17.6. The Morgan fingerprint density at radius 2 is 1.46 bits per heavy atom. The van der Waals surface area contributed by atoms with Crippen LogP contribution in [-0.2, 0) is 28.9 Å². The number of aromatic nitrogens is 4. The quantitative estimate of drug-likeness (QED) is 0.0280. The molecule has 354 valence electrons. The summed E-state index contributed by atoms with van der Waals surface area (Å²) < 4.78 is 50.4. The number of ether oxygens (including phenoxy) is 5. The minimum Gasteiger partial charge on any atom is -0.497 e. The van der Waals surface area contributed by atoms with Gasteiger partial charge in [0.2, 0.25) is 0 Å². The third-order valence-electron chi connectivity index (χ3n) is 11.5. The number of hydrogen-bond donors (Lipinski definition) is 1. The molecule has 0 spiro atoms. The number of nitrogens with one attached hydrogen (secondary N) is 1. The van der Waals surface area contributed by atoms with Gasteiger partial charge in [0.15, 0.2) is 23.2 Å². The van der Waals surface area contributed by atoms with Crippen molar-refractivity contribution in [2.45, 2.75) is 89.2 Å². The Balaban J connectivity index is 1.36. The molecule has 6 aromatic rings. The fourth-order valence-corrected chi connectivity index (χ4v) is 10.1. The third kappa shape index (κ3) is 11.2. The van der Waals surface area contributed by atoms with E-state index in [2.05, 4.69) is 59.6 Å². The molecule has 1 fully saturated rings. The van der Waals surface area contributed by atoms with Crippen molar-refractivity contribution in [3.63, 3.8) is 0 Å². The van der Waals surface area contributed by atoms with Gasteiger partial charge in [-0.25, -0.2) is 19.6 Å². The van der Waals surface area contributed by atoms with Gasteiger partial charge in [-0.2, -0.15) is 5.26 Å². The zero-order valence-corrected chi connectivity index (χ0v) is 40.1. The number of rotatable bonds is 23. The molecule has 16 heteroatoms. The number of unbranched alkanes of at least 4 members (excludes halogenated alkanes) is 1. The second-order valence-electron chi connectivity index (χ2n) is 16.5. The molecule has 68 heavy (non-hydrogen) atoms. The second kappa shape index (κ2) is 23.6. The number of fused-ring (bicyclic) bond motifs is 1. The van der Waals surface area contributed by atoms with E-state index >= 15 is 0 Å². The van der Waals surface area contributed by atoms with Crippen LogP contribution < -0.4 is 14.8 Å². The molecule has 0 radical (unpaired) electrons. The third-order valence-corrected chi connectivity index (χ3v) is 13.6. The van der Waals surface area contributed by atoms with Crippen LogP contribution in [0.3, 0.4) is 0 Å². The standard InChI is InChI=1S/C52H58N7O8P/c1-8-9-16-31-63-47-46(67-68(65-32-17-30-53)59(36(2)3)37(4)5)44(66-51(47)58-35-56-45-48(54-34-55-49(45)58)57-50(60)38-18-12-10-13-19-38)33-64-52(39-20-14-11-15-21-39,40-22-26-42(61-6)27-23-40)41-24-28-43(62-7)29-25-41/h1,10-15,18-29,34-37,44,46-47,51H,9,16-17,31-33H2,2-7H3,(H,54,55,57,60)/t44-,46-,47-,51-,68?/m1/s1. The van der Waals surface area contributed by atoms with Crippen molar-refractivity contribution in [1.29, 1.82) is 5.26 Å². The van der Waals surface area contributed by atoms with Gasteiger partial charge in [0.05, 0.1) is 46.3 Å². The van der Waals surface area contributed by atoms with E-state index in [9.17, 15) is 10.1 Å². The van der Waals surface area contributed by atoms with Crippen LogP contribution in [0.1, 0.15) is 80.2 Å². The summed E-state index contributed by atoms with van der Waals surface area (Å²) in [5.41, 5.74) is 2.52. The second-order valence-corrected chi connectivity index (χ2v) is 17.9. The van der Waals surface area contributed by atoms with Gasteiger partial charge in [0.25, 0.3) is 14.4 Å². The van der Waals surface area contributed by atoms with Crippen molar-refractivity contribution >= 4 is 31.4 Å². The largest absolute Gasteiger partial charge is 0.497 e. The van der Waals surface area contributed by atoms with E-state index in [0.717, 1.165) is 16.7 Å². The highest BCUT2D eigenvalue weighted by atomic mass is 31.2. The number of anilines is 1. The number of carbonyl (C=O) groups excluding carboxylic acids is 1. The monoisotopic (exact) mass is 939 g/mol. The van der Waals surface area contributed by atoms with E-state index in [4.69, 9.17) is 44.1 Å². The van der Waals surface area contributed by atoms with E-state index in [0.29, 0.717) is 41.1 Å². The first-order valence-electron chi connectivity index (χ1n) is 22.6. The van der Waals surface area contributed by atoms with Crippen molar-refractivity contribution in [3.8, 4) is 29.9 Å². The fraction of sp³-hybridized carbons (Fsp3) is 0.365. The number of terminal acetylenes is 1. The van der Waals surface area contributed by atoms with Crippen molar-refractivity contribution < 1.29 is 37.5 Å². The van der Waals surface area contributed by atoms with Crippen LogP contribution in [0.25, 0.3) is 11.2 Å². The van der Waals surface area contributed by atoms with Gasteiger partial charge in [-0.1, -0.05) is 72.8 Å². The lowest BCUT2D eigenvalue weighted by Crippen LogP contribution is -2.43. The molecule has 2 aromatic heterocycles. The number of nitrogens with zero attached hydrogens (tertiary/aromatic N) is 6. The average Bonchev–Trinajstić information content (AvgIpc) is 3.95. The Bertz CT molecular complexity index is 2570. The Kier molecular flexibility index (Phi) is 17.3. The van der Waals surface area contributed by atoms with E-state index in [1.807, 2.05) is 84.9 Å².